The van der Waals surface area contributed by atoms with E-state index in [1.165, 1.54) is 12.8 Å². The third kappa shape index (κ3) is 2.88. The van der Waals surface area contributed by atoms with Crippen molar-refractivity contribution in [2.75, 3.05) is 39.0 Å². The maximum atomic E-state index is 12.5. The van der Waals surface area contributed by atoms with E-state index in [9.17, 15) is 4.79 Å². The number of nitrogens with one attached hydrogen (secondary N) is 1. The monoisotopic (exact) mass is 286 g/mol. The number of anilines is 1. The highest BCUT2D eigenvalue weighted by atomic mass is 16.2. The number of likely N-dealkylation sites (tertiary alicyclic amines) is 1. The number of nitrogens with zero attached hydrogens (tertiary/aromatic N) is 2. The van der Waals surface area contributed by atoms with Gasteiger partial charge >= 0.3 is 0 Å². The van der Waals surface area contributed by atoms with Crippen molar-refractivity contribution in [1.29, 1.82) is 0 Å². The highest BCUT2D eigenvalue weighted by molar-refractivity contribution is 6.00. The Kier molecular flexibility index (Phi) is 3.84. The fourth-order valence-corrected chi connectivity index (χ4v) is 2.90. The first-order chi connectivity index (χ1) is 10.1. The fraction of sp³-hybridized carbons (Fsp3) is 0.438. The molecule has 1 aromatic carbocycles. The largest absolute Gasteiger partial charge is 0.397 e. The van der Waals surface area contributed by atoms with Crippen LogP contribution < -0.4 is 5.73 Å². The van der Waals surface area contributed by atoms with Crippen molar-refractivity contribution in [2.24, 2.45) is 0 Å². The van der Waals surface area contributed by atoms with E-state index in [2.05, 4.69) is 9.88 Å². The lowest BCUT2D eigenvalue weighted by molar-refractivity contribution is 0.0777. The molecule has 3 rings (SSSR count). The van der Waals surface area contributed by atoms with Gasteiger partial charge in [-0.05, 0) is 38.1 Å². The summed E-state index contributed by atoms with van der Waals surface area (Å²) in [6, 6.07) is 7.57. The molecule has 1 amide bonds. The van der Waals surface area contributed by atoms with Gasteiger partial charge in [-0.2, -0.15) is 0 Å². The number of rotatable bonds is 4. The van der Waals surface area contributed by atoms with Gasteiger partial charge in [-0.1, -0.05) is 12.1 Å². The summed E-state index contributed by atoms with van der Waals surface area (Å²) >= 11 is 0. The first-order valence-corrected chi connectivity index (χ1v) is 7.50. The molecule has 112 valence electrons. The third-order valence-electron chi connectivity index (χ3n) is 4.22. The fourth-order valence-electron chi connectivity index (χ4n) is 2.90. The van der Waals surface area contributed by atoms with Gasteiger partial charge in [0.2, 0.25) is 0 Å². The Hall–Kier alpha value is -2.01. The van der Waals surface area contributed by atoms with Crippen LogP contribution in [0.25, 0.3) is 10.9 Å². The van der Waals surface area contributed by atoms with Crippen LogP contribution in [-0.2, 0) is 0 Å². The second-order valence-electron chi connectivity index (χ2n) is 5.77. The minimum atomic E-state index is 0.0183. The SMILES string of the molecule is CN(CCN1CCCC1)C(=O)c1cc2cccc(N)c2[nH]1. The van der Waals surface area contributed by atoms with Crippen molar-refractivity contribution in [1.82, 2.24) is 14.8 Å². The molecule has 0 atom stereocenters. The molecule has 0 unspecified atom stereocenters. The van der Waals surface area contributed by atoms with Gasteiger partial charge in [0.05, 0.1) is 11.2 Å². The molecule has 2 heterocycles. The van der Waals surface area contributed by atoms with Crippen molar-refractivity contribution < 1.29 is 4.79 Å². The number of nitrogens with two attached hydrogens (primary N) is 1. The van der Waals surface area contributed by atoms with Crippen LogP contribution in [-0.4, -0.2) is 53.9 Å². The van der Waals surface area contributed by atoms with Crippen LogP contribution in [0.5, 0.6) is 0 Å². The summed E-state index contributed by atoms with van der Waals surface area (Å²) in [4.78, 5) is 19.8. The van der Waals surface area contributed by atoms with Gasteiger partial charge < -0.3 is 20.5 Å². The van der Waals surface area contributed by atoms with Gasteiger partial charge in [-0.25, -0.2) is 0 Å². The average Bonchev–Trinajstić information content (AvgIpc) is 3.13. The van der Waals surface area contributed by atoms with Crippen LogP contribution in [0.15, 0.2) is 24.3 Å². The van der Waals surface area contributed by atoms with Gasteiger partial charge in [-0.15, -0.1) is 0 Å². The maximum absolute atomic E-state index is 12.5. The van der Waals surface area contributed by atoms with Crippen molar-refractivity contribution in [3.8, 4) is 0 Å². The summed E-state index contributed by atoms with van der Waals surface area (Å²) in [5.74, 6) is 0.0183. The smallest absolute Gasteiger partial charge is 0.270 e. The number of para-hydroxylation sites is 1. The van der Waals surface area contributed by atoms with E-state index in [0.717, 1.165) is 37.1 Å². The number of carbonyl (C=O) groups is 1. The van der Waals surface area contributed by atoms with Crippen molar-refractivity contribution in [3.05, 3.63) is 30.0 Å². The zero-order valence-corrected chi connectivity index (χ0v) is 12.4. The predicted octanol–water partition coefficient (Wildman–Crippen LogP) is 1.92. The van der Waals surface area contributed by atoms with Crippen LogP contribution in [0, 0.1) is 0 Å². The summed E-state index contributed by atoms with van der Waals surface area (Å²) in [7, 11) is 1.85. The average molecular weight is 286 g/mol. The summed E-state index contributed by atoms with van der Waals surface area (Å²) in [5.41, 5.74) is 8.04. The van der Waals surface area contributed by atoms with Crippen molar-refractivity contribution in [3.63, 3.8) is 0 Å². The Labute approximate surface area is 124 Å². The van der Waals surface area contributed by atoms with Crippen molar-refractivity contribution >= 4 is 22.5 Å². The Morgan fingerprint density at radius 3 is 2.86 bits per heavy atom. The van der Waals surface area contributed by atoms with E-state index in [1.54, 1.807) is 4.90 Å². The second kappa shape index (κ2) is 5.77. The van der Waals surface area contributed by atoms with E-state index < -0.39 is 0 Å². The van der Waals surface area contributed by atoms with Crippen LogP contribution in [0.3, 0.4) is 0 Å². The van der Waals surface area contributed by atoms with E-state index >= 15 is 0 Å². The van der Waals surface area contributed by atoms with E-state index in [0.29, 0.717) is 11.4 Å². The Balaban J connectivity index is 1.68. The maximum Gasteiger partial charge on any atom is 0.270 e. The van der Waals surface area contributed by atoms with Gasteiger partial charge in [0.1, 0.15) is 5.69 Å². The number of hydrogen-bond acceptors (Lipinski definition) is 3. The molecule has 1 saturated heterocycles. The standard InChI is InChI=1S/C16H22N4O/c1-19(9-10-20-7-2-3-8-20)16(21)14-11-12-5-4-6-13(17)15(12)18-14/h4-6,11,18H,2-3,7-10,17H2,1H3. The molecule has 5 nitrogen and oxygen atoms in total. The molecule has 1 aliphatic rings. The number of fused-ring (bicyclic) bond motifs is 1. The van der Waals surface area contributed by atoms with Crippen LogP contribution in [0.2, 0.25) is 0 Å². The summed E-state index contributed by atoms with van der Waals surface area (Å²) in [6.45, 7) is 4.02. The molecule has 5 heteroatoms. The Morgan fingerprint density at radius 1 is 1.38 bits per heavy atom. The summed E-state index contributed by atoms with van der Waals surface area (Å²) < 4.78 is 0. The van der Waals surface area contributed by atoms with Gasteiger partial charge in [0.25, 0.3) is 5.91 Å². The number of benzene rings is 1. The number of aromatic amines is 1. The predicted molar refractivity (Wildman–Crippen MR) is 85.3 cm³/mol. The lowest BCUT2D eigenvalue weighted by atomic mass is 10.2. The molecule has 1 aliphatic heterocycles. The lowest BCUT2D eigenvalue weighted by Gasteiger charge is -2.21. The molecule has 1 fully saturated rings. The zero-order chi connectivity index (χ0) is 14.8. The zero-order valence-electron chi connectivity index (χ0n) is 12.4. The third-order valence-corrected chi connectivity index (χ3v) is 4.22. The molecule has 0 radical (unpaired) electrons. The molecule has 21 heavy (non-hydrogen) atoms. The topological polar surface area (TPSA) is 65.4 Å². The number of aromatic nitrogens is 1. The van der Waals surface area contributed by atoms with E-state index in [-0.39, 0.29) is 5.91 Å². The first kappa shape index (κ1) is 13.9. The quantitative estimate of drug-likeness (QED) is 0.844. The molecular weight excluding hydrogens is 264 g/mol. The van der Waals surface area contributed by atoms with Crippen LogP contribution in [0.4, 0.5) is 5.69 Å². The molecule has 0 spiro atoms. The molecule has 0 bridgehead atoms. The van der Waals surface area contributed by atoms with E-state index in [1.807, 2.05) is 31.3 Å². The number of hydrogen-bond donors (Lipinski definition) is 2. The first-order valence-electron chi connectivity index (χ1n) is 7.50. The second-order valence-corrected chi connectivity index (χ2v) is 5.77. The number of nitrogen functional groups attached to an aromatic ring is 1. The number of likely N-dealkylation sites (N-methyl/N-ethyl adjacent to an activating group) is 1. The van der Waals surface area contributed by atoms with Gasteiger partial charge in [0.15, 0.2) is 0 Å². The number of carbonyl (C=O) groups excluding carboxylic acids is 1. The normalized spacial score (nSPS) is 15.7. The number of amides is 1. The highest BCUT2D eigenvalue weighted by Crippen LogP contribution is 2.21. The minimum absolute atomic E-state index is 0.0183. The van der Waals surface area contributed by atoms with Gasteiger partial charge in [0, 0.05) is 25.5 Å². The lowest BCUT2D eigenvalue weighted by Crippen LogP contribution is -2.35. The Morgan fingerprint density at radius 2 is 2.14 bits per heavy atom. The Bertz CT molecular complexity index is 643. The van der Waals surface area contributed by atoms with Crippen molar-refractivity contribution in [2.45, 2.75) is 12.8 Å². The summed E-state index contributed by atoms with van der Waals surface area (Å²) in [6.07, 6.45) is 2.55. The molecule has 0 saturated carbocycles. The molecule has 3 N–H and O–H groups in total. The van der Waals surface area contributed by atoms with Gasteiger partial charge in [-0.3, -0.25) is 4.79 Å². The summed E-state index contributed by atoms with van der Waals surface area (Å²) in [5, 5.41) is 0.978. The highest BCUT2D eigenvalue weighted by Gasteiger charge is 2.17. The molecular formula is C16H22N4O. The molecule has 2 aromatic rings. The van der Waals surface area contributed by atoms with Crippen LogP contribution in [0.1, 0.15) is 23.3 Å². The molecule has 0 aliphatic carbocycles. The van der Waals surface area contributed by atoms with Crippen LogP contribution >= 0.6 is 0 Å². The number of H-pyrrole nitrogens is 1. The molecule has 1 aromatic heterocycles. The minimum Gasteiger partial charge on any atom is -0.397 e. The van der Waals surface area contributed by atoms with E-state index in [4.69, 9.17) is 5.73 Å².